The Morgan fingerprint density at radius 2 is 1.91 bits per heavy atom. The lowest BCUT2D eigenvalue weighted by molar-refractivity contribution is 0.125. The van der Waals surface area contributed by atoms with Gasteiger partial charge >= 0.3 is 0 Å². The summed E-state index contributed by atoms with van der Waals surface area (Å²) >= 11 is 0. The van der Waals surface area contributed by atoms with Gasteiger partial charge in [-0.15, -0.1) is 5.10 Å². The van der Waals surface area contributed by atoms with E-state index < -0.39 is 0 Å². The molecule has 1 aromatic carbocycles. The maximum absolute atomic E-state index is 5.69. The zero-order chi connectivity index (χ0) is 16.7. The van der Waals surface area contributed by atoms with Gasteiger partial charge in [-0.2, -0.15) is 0 Å². The molecule has 0 aliphatic rings. The second kappa shape index (κ2) is 8.08. The van der Waals surface area contributed by atoms with E-state index in [1.165, 1.54) is 0 Å². The van der Waals surface area contributed by atoms with Crippen LogP contribution in [-0.4, -0.2) is 40.3 Å². The SMILES string of the molecule is CC(C)(C)NCCOCCCn1cc(-c2ccc(N)cc2)nn1. The van der Waals surface area contributed by atoms with Crippen molar-refractivity contribution in [2.24, 2.45) is 0 Å². The second-order valence-electron chi connectivity index (χ2n) is 6.63. The van der Waals surface area contributed by atoms with Crippen molar-refractivity contribution in [3.05, 3.63) is 30.5 Å². The van der Waals surface area contributed by atoms with E-state index >= 15 is 0 Å². The van der Waals surface area contributed by atoms with Crippen molar-refractivity contribution >= 4 is 5.69 Å². The highest BCUT2D eigenvalue weighted by Gasteiger charge is 2.07. The van der Waals surface area contributed by atoms with Gasteiger partial charge in [-0.25, -0.2) is 0 Å². The summed E-state index contributed by atoms with van der Waals surface area (Å²) in [6.45, 7) is 9.57. The molecular weight excluding hydrogens is 290 g/mol. The third-order valence-electron chi connectivity index (χ3n) is 3.32. The molecule has 0 fully saturated rings. The molecular formula is C17H27N5O. The van der Waals surface area contributed by atoms with Gasteiger partial charge in [0.25, 0.3) is 0 Å². The van der Waals surface area contributed by atoms with Gasteiger partial charge in [0, 0.05) is 36.5 Å². The number of nitrogens with zero attached hydrogens (tertiary/aromatic N) is 3. The number of nitrogen functional groups attached to an aromatic ring is 1. The topological polar surface area (TPSA) is 78.0 Å². The highest BCUT2D eigenvalue weighted by Crippen LogP contribution is 2.17. The van der Waals surface area contributed by atoms with E-state index in [4.69, 9.17) is 10.5 Å². The van der Waals surface area contributed by atoms with E-state index in [-0.39, 0.29) is 5.54 Å². The lowest BCUT2D eigenvalue weighted by Crippen LogP contribution is -2.38. The molecule has 0 saturated heterocycles. The molecule has 3 N–H and O–H groups in total. The van der Waals surface area contributed by atoms with E-state index in [1.54, 1.807) is 0 Å². The van der Waals surface area contributed by atoms with Gasteiger partial charge in [0.1, 0.15) is 5.69 Å². The van der Waals surface area contributed by atoms with E-state index in [0.29, 0.717) is 0 Å². The molecule has 1 aromatic heterocycles. The third-order valence-corrected chi connectivity index (χ3v) is 3.32. The first-order chi connectivity index (χ1) is 10.9. The summed E-state index contributed by atoms with van der Waals surface area (Å²) in [5.74, 6) is 0. The Bertz CT molecular complexity index is 586. The molecule has 0 radical (unpaired) electrons. The number of aromatic nitrogens is 3. The van der Waals surface area contributed by atoms with Crippen LogP contribution in [-0.2, 0) is 11.3 Å². The molecule has 2 aromatic rings. The molecule has 0 amide bonds. The first-order valence-corrected chi connectivity index (χ1v) is 8.03. The molecule has 0 saturated carbocycles. The average molecular weight is 317 g/mol. The predicted octanol–water partition coefficient (Wildman–Crippen LogP) is 2.32. The highest BCUT2D eigenvalue weighted by molar-refractivity contribution is 5.60. The molecule has 0 unspecified atom stereocenters. The molecule has 0 aliphatic carbocycles. The fourth-order valence-corrected chi connectivity index (χ4v) is 2.12. The number of hydrogen-bond acceptors (Lipinski definition) is 5. The molecule has 6 heteroatoms. The van der Waals surface area contributed by atoms with Crippen LogP contribution in [0.15, 0.2) is 30.5 Å². The van der Waals surface area contributed by atoms with Crippen molar-refractivity contribution in [1.82, 2.24) is 20.3 Å². The summed E-state index contributed by atoms with van der Waals surface area (Å²) in [5, 5.41) is 11.7. The Morgan fingerprint density at radius 3 is 2.61 bits per heavy atom. The van der Waals surface area contributed by atoms with Crippen LogP contribution in [0.3, 0.4) is 0 Å². The van der Waals surface area contributed by atoms with Gasteiger partial charge in [0.05, 0.1) is 12.8 Å². The minimum atomic E-state index is 0.141. The van der Waals surface area contributed by atoms with Crippen LogP contribution < -0.4 is 11.1 Å². The molecule has 0 atom stereocenters. The largest absolute Gasteiger partial charge is 0.399 e. The Kier molecular flexibility index (Phi) is 6.12. The Hall–Kier alpha value is -1.92. The van der Waals surface area contributed by atoms with Gasteiger partial charge in [0.2, 0.25) is 0 Å². The third kappa shape index (κ3) is 6.38. The lowest BCUT2D eigenvalue weighted by atomic mass is 10.1. The monoisotopic (exact) mass is 317 g/mol. The fourth-order valence-electron chi connectivity index (χ4n) is 2.12. The number of nitrogens with one attached hydrogen (secondary N) is 1. The van der Waals surface area contributed by atoms with E-state index in [2.05, 4.69) is 36.4 Å². The van der Waals surface area contributed by atoms with Crippen LogP contribution >= 0.6 is 0 Å². The van der Waals surface area contributed by atoms with Gasteiger partial charge in [-0.3, -0.25) is 4.68 Å². The van der Waals surface area contributed by atoms with Crippen LogP contribution in [0, 0.1) is 0 Å². The number of nitrogens with two attached hydrogens (primary N) is 1. The molecule has 1 heterocycles. The number of aryl methyl sites for hydroxylation is 1. The molecule has 0 spiro atoms. The van der Waals surface area contributed by atoms with Crippen molar-refractivity contribution in [1.29, 1.82) is 0 Å². The quantitative estimate of drug-likeness (QED) is 0.577. The summed E-state index contributed by atoms with van der Waals surface area (Å²) in [6, 6.07) is 7.64. The van der Waals surface area contributed by atoms with Gasteiger partial charge in [-0.05, 0) is 39.3 Å². The summed E-state index contributed by atoms with van der Waals surface area (Å²) in [4.78, 5) is 0. The predicted molar refractivity (Wildman–Crippen MR) is 93.1 cm³/mol. The lowest BCUT2D eigenvalue weighted by Gasteiger charge is -2.20. The van der Waals surface area contributed by atoms with Gasteiger partial charge < -0.3 is 15.8 Å². The van der Waals surface area contributed by atoms with E-state index in [9.17, 15) is 0 Å². The minimum Gasteiger partial charge on any atom is -0.399 e. The Morgan fingerprint density at radius 1 is 1.17 bits per heavy atom. The van der Waals surface area contributed by atoms with E-state index in [0.717, 1.165) is 49.7 Å². The number of hydrogen-bond donors (Lipinski definition) is 2. The standard InChI is InChI=1S/C17H27N5O/c1-17(2,3)19-9-12-23-11-4-10-22-13-16(20-21-22)14-5-7-15(18)8-6-14/h5-8,13,19H,4,9-12,18H2,1-3H3. The zero-order valence-corrected chi connectivity index (χ0v) is 14.2. The molecule has 6 nitrogen and oxygen atoms in total. The van der Waals surface area contributed by atoms with Gasteiger partial charge in [-0.1, -0.05) is 17.3 Å². The zero-order valence-electron chi connectivity index (χ0n) is 14.2. The molecule has 0 bridgehead atoms. The Labute approximate surface area is 138 Å². The van der Waals surface area contributed by atoms with Crippen molar-refractivity contribution < 1.29 is 4.74 Å². The van der Waals surface area contributed by atoms with Crippen LogP contribution in [0.25, 0.3) is 11.3 Å². The molecule has 0 aliphatic heterocycles. The van der Waals surface area contributed by atoms with Crippen molar-refractivity contribution in [2.75, 3.05) is 25.5 Å². The van der Waals surface area contributed by atoms with Crippen molar-refractivity contribution in [3.8, 4) is 11.3 Å². The number of anilines is 1. The first kappa shape index (κ1) is 17.4. The summed E-state index contributed by atoms with van der Waals surface area (Å²) < 4.78 is 7.47. The van der Waals surface area contributed by atoms with Crippen molar-refractivity contribution in [2.45, 2.75) is 39.3 Å². The van der Waals surface area contributed by atoms with Crippen LogP contribution in [0.1, 0.15) is 27.2 Å². The van der Waals surface area contributed by atoms with Gasteiger partial charge in [0.15, 0.2) is 0 Å². The van der Waals surface area contributed by atoms with Crippen LogP contribution in [0.2, 0.25) is 0 Å². The normalized spacial score (nSPS) is 11.8. The summed E-state index contributed by atoms with van der Waals surface area (Å²) in [7, 11) is 0. The van der Waals surface area contributed by atoms with E-state index in [1.807, 2.05) is 35.1 Å². The minimum absolute atomic E-state index is 0.141. The average Bonchev–Trinajstić information content (AvgIpc) is 2.95. The molecule has 2 rings (SSSR count). The number of benzene rings is 1. The van der Waals surface area contributed by atoms with Crippen LogP contribution in [0.5, 0.6) is 0 Å². The first-order valence-electron chi connectivity index (χ1n) is 8.03. The summed E-state index contributed by atoms with van der Waals surface area (Å²) in [5.41, 5.74) is 8.46. The fraction of sp³-hybridized carbons (Fsp3) is 0.529. The highest BCUT2D eigenvalue weighted by atomic mass is 16.5. The number of ether oxygens (including phenoxy) is 1. The molecule has 23 heavy (non-hydrogen) atoms. The summed E-state index contributed by atoms with van der Waals surface area (Å²) in [6.07, 6.45) is 2.87. The van der Waals surface area contributed by atoms with Crippen LogP contribution in [0.4, 0.5) is 5.69 Å². The number of rotatable bonds is 8. The van der Waals surface area contributed by atoms with Crippen molar-refractivity contribution in [3.63, 3.8) is 0 Å². The maximum atomic E-state index is 5.69. The second-order valence-corrected chi connectivity index (χ2v) is 6.63. The maximum Gasteiger partial charge on any atom is 0.113 e. The smallest absolute Gasteiger partial charge is 0.113 e. The molecule has 126 valence electrons. The Balaban J connectivity index is 1.66.